The summed E-state index contributed by atoms with van der Waals surface area (Å²) >= 11 is 9.28. The number of hydrogen-bond donors (Lipinski definition) is 0. The second-order valence-corrected chi connectivity index (χ2v) is 12.3. The van der Waals surface area contributed by atoms with Crippen LogP contribution in [0.15, 0.2) is 85.3 Å². The van der Waals surface area contributed by atoms with E-state index < -0.39 is 22.1 Å². The lowest BCUT2D eigenvalue weighted by Gasteiger charge is -2.34. The summed E-state index contributed by atoms with van der Waals surface area (Å²) in [6.07, 6.45) is 0. The van der Waals surface area contributed by atoms with Crippen LogP contribution in [-0.4, -0.2) is 63.4 Å². The summed E-state index contributed by atoms with van der Waals surface area (Å²) in [5.41, 5.74) is 0.487. The Kier molecular flexibility index (Phi) is 8.18. The Balaban J connectivity index is 1.34. The summed E-state index contributed by atoms with van der Waals surface area (Å²) in [5.74, 6) is 0.250. The van der Waals surface area contributed by atoms with Gasteiger partial charge in [0.15, 0.2) is 12.4 Å². The first-order chi connectivity index (χ1) is 19.2. The van der Waals surface area contributed by atoms with Gasteiger partial charge in [0, 0.05) is 47.3 Å². The lowest BCUT2D eigenvalue weighted by molar-refractivity contribution is -0.134. The quantitative estimate of drug-likeness (QED) is 0.284. The molecule has 1 aliphatic heterocycles. The second kappa shape index (κ2) is 11.6. The molecule has 9 nitrogen and oxygen atoms in total. The molecule has 0 spiro atoms. The third kappa shape index (κ3) is 5.73. The number of benzene rings is 3. The molecule has 1 aliphatic rings. The van der Waals surface area contributed by atoms with Crippen LogP contribution in [0.5, 0.6) is 11.5 Å². The number of fused-ring (bicyclic) bond motifs is 1. The number of rotatable bonds is 7. The number of carbonyl (C=O) groups is 1. The maximum absolute atomic E-state index is 13.4. The fourth-order valence-corrected chi connectivity index (χ4v) is 6.18. The molecule has 0 aliphatic carbocycles. The van der Waals surface area contributed by atoms with Crippen molar-refractivity contribution in [2.24, 2.45) is 0 Å². The van der Waals surface area contributed by atoms with Crippen LogP contribution in [-0.2, 0) is 14.8 Å². The van der Waals surface area contributed by atoms with E-state index in [1.165, 1.54) is 40.6 Å². The molecule has 3 aromatic carbocycles. The number of sulfonamides is 1. The van der Waals surface area contributed by atoms with E-state index in [0.717, 1.165) is 4.47 Å². The Morgan fingerprint density at radius 3 is 2.33 bits per heavy atom. The van der Waals surface area contributed by atoms with Gasteiger partial charge in [0.05, 0.1) is 17.4 Å². The van der Waals surface area contributed by atoms with Gasteiger partial charge in [-0.1, -0.05) is 27.5 Å². The van der Waals surface area contributed by atoms with Gasteiger partial charge in [-0.3, -0.25) is 9.59 Å². The molecule has 0 atom stereocenters. The second-order valence-electron chi connectivity index (χ2n) is 8.99. The van der Waals surface area contributed by atoms with E-state index in [0.29, 0.717) is 21.9 Å². The van der Waals surface area contributed by atoms with Gasteiger partial charge < -0.3 is 18.8 Å². The van der Waals surface area contributed by atoms with E-state index in [2.05, 4.69) is 15.9 Å². The highest BCUT2D eigenvalue weighted by atomic mass is 79.9. The van der Waals surface area contributed by atoms with Crippen LogP contribution in [0.25, 0.3) is 22.3 Å². The highest BCUT2D eigenvalue weighted by Gasteiger charge is 2.30. The number of amides is 1. The van der Waals surface area contributed by atoms with Crippen LogP contribution in [0.3, 0.4) is 0 Å². The molecule has 0 bridgehead atoms. The van der Waals surface area contributed by atoms with Gasteiger partial charge in [-0.25, -0.2) is 8.42 Å². The lowest BCUT2D eigenvalue weighted by Crippen LogP contribution is -2.51. The molecule has 1 amide bonds. The van der Waals surface area contributed by atoms with Crippen LogP contribution in [0.1, 0.15) is 0 Å². The molecular formula is C28H24BrClN2O7S. The van der Waals surface area contributed by atoms with Crippen molar-refractivity contribution in [2.75, 3.05) is 39.9 Å². The average Bonchev–Trinajstić information content (AvgIpc) is 2.97. The molecular weight excluding hydrogens is 624 g/mol. The van der Waals surface area contributed by atoms with Crippen molar-refractivity contribution in [3.8, 4) is 22.8 Å². The van der Waals surface area contributed by atoms with E-state index >= 15 is 0 Å². The SMILES string of the molecule is COc1ccc2c(=O)c(OCC(=O)N3CCN(S(=O)(=O)c4ccc(Cl)cc4)CC3)c(-c3ccc(Br)cc3)oc2c1. The van der Waals surface area contributed by atoms with Crippen molar-refractivity contribution < 1.29 is 27.1 Å². The number of methoxy groups -OCH3 is 1. The highest BCUT2D eigenvalue weighted by Crippen LogP contribution is 2.33. The summed E-state index contributed by atoms with van der Waals surface area (Å²) < 4.78 is 45.3. The van der Waals surface area contributed by atoms with Gasteiger partial charge in [0.1, 0.15) is 11.3 Å². The van der Waals surface area contributed by atoms with Crippen molar-refractivity contribution in [1.82, 2.24) is 9.21 Å². The minimum Gasteiger partial charge on any atom is -0.497 e. The zero-order valence-electron chi connectivity index (χ0n) is 21.3. The van der Waals surface area contributed by atoms with Crippen LogP contribution in [0.2, 0.25) is 5.02 Å². The maximum Gasteiger partial charge on any atom is 0.260 e. The average molecular weight is 648 g/mol. The number of carbonyl (C=O) groups excluding carboxylic acids is 1. The minimum absolute atomic E-state index is 0.0858. The van der Waals surface area contributed by atoms with E-state index in [1.807, 2.05) is 0 Å². The van der Waals surface area contributed by atoms with E-state index in [4.69, 9.17) is 25.5 Å². The first-order valence-electron chi connectivity index (χ1n) is 12.2. The van der Waals surface area contributed by atoms with Crippen molar-refractivity contribution in [3.05, 3.63) is 86.4 Å². The van der Waals surface area contributed by atoms with Gasteiger partial charge in [-0.05, 0) is 60.7 Å². The van der Waals surface area contributed by atoms with Gasteiger partial charge in [-0.2, -0.15) is 4.31 Å². The highest BCUT2D eigenvalue weighted by molar-refractivity contribution is 9.10. The summed E-state index contributed by atoms with van der Waals surface area (Å²) in [6.45, 7) is 0.197. The normalized spacial score (nSPS) is 14.3. The van der Waals surface area contributed by atoms with Gasteiger partial charge >= 0.3 is 0 Å². The smallest absolute Gasteiger partial charge is 0.260 e. The Labute approximate surface area is 244 Å². The van der Waals surface area contributed by atoms with Crippen LogP contribution in [0.4, 0.5) is 0 Å². The van der Waals surface area contributed by atoms with Crippen LogP contribution in [0, 0.1) is 0 Å². The summed E-state index contributed by atoms with van der Waals surface area (Å²) in [4.78, 5) is 28.1. The number of ether oxygens (including phenoxy) is 2. The molecule has 1 aromatic heterocycles. The topological polar surface area (TPSA) is 106 Å². The summed E-state index contributed by atoms with van der Waals surface area (Å²) in [5, 5.41) is 0.725. The number of nitrogens with zero attached hydrogens (tertiary/aromatic N) is 2. The molecule has 0 saturated carbocycles. The lowest BCUT2D eigenvalue weighted by atomic mass is 10.1. The van der Waals surface area contributed by atoms with Gasteiger partial charge in [0.25, 0.3) is 5.91 Å². The maximum atomic E-state index is 13.4. The molecule has 40 heavy (non-hydrogen) atoms. The van der Waals surface area contributed by atoms with Gasteiger partial charge in [-0.15, -0.1) is 0 Å². The van der Waals surface area contributed by atoms with Gasteiger partial charge in [0.2, 0.25) is 21.2 Å². The monoisotopic (exact) mass is 646 g/mol. The third-order valence-electron chi connectivity index (χ3n) is 6.55. The summed E-state index contributed by atoms with van der Waals surface area (Å²) in [7, 11) is -2.20. The Morgan fingerprint density at radius 1 is 1.00 bits per heavy atom. The van der Waals surface area contributed by atoms with Crippen LogP contribution >= 0.6 is 27.5 Å². The van der Waals surface area contributed by atoms with E-state index in [1.54, 1.807) is 42.5 Å². The molecule has 1 saturated heterocycles. The Bertz CT molecular complexity index is 1720. The van der Waals surface area contributed by atoms with Crippen molar-refractivity contribution in [3.63, 3.8) is 0 Å². The number of piperazine rings is 1. The largest absolute Gasteiger partial charge is 0.497 e. The fraction of sp³-hybridized carbons (Fsp3) is 0.214. The molecule has 0 radical (unpaired) electrons. The third-order valence-corrected chi connectivity index (χ3v) is 9.24. The molecule has 12 heteroatoms. The fourth-order valence-electron chi connectivity index (χ4n) is 4.36. The van der Waals surface area contributed by atoms with Crippen molar-refractivity contribution in [2.45, 2.75) is 4.90 Å². The first-order valence-corrected chi connectivity index (χ1v) is 14.9. The molecule has 208 valence electrons. The Hall–Kier alpha value is -3.38. The minimum atomic E-state index is -3.71. The molecule has 0 unspecified atom stereocenters. The standard InChI is InChI=1S/C28H24BrClN2O7S/c1-37-21-8-11-23-24(16-21)39-27(18-2-4-19(29)5-3-18)28(26(23)34)38-17-25(33)31-12-14-32(15-13-31)40(35,36)22-9-6-20(30)7-10-22/h2-11,16H,12-15,17H2,1H3. The molecule has 4 aromatic rings. The zero-order chi connectivity index (χ0) is 28.4. The molecule has 0 N–H and O–H groups in total. The number of halogens is 2. The predicted octanol–water partition coefficient (Wildman–Crippen LogP) is 4.80. The predicted molar refractivity (Wildman–Crippen MR) is 154 cm³/mol. The molecule has 1 fully saturated rings. The van der Waals surface area contributed by atoms with Crippen molar-refractivity contribution in [1.29, 1.82) is 0 Å². The number of hydrogen-bond acceptors (Lipinski definition) is 7. The van der Waals surface area contributed by atoms with E-state index in [9.17, 15) is 18.0 Å². The van der Waals surface area contributed by atoms with Crippen molar-refractivity contribution >= 4 is 54.4 Å². The molecule has 5 rings (SSSR count). The first kappa shape index (κ1) is 28.2. The van der Waals surface area contributed by atoms with Crippen LogP contribution < -0.4 is 14.9 Å². The molecule has 2 heterocycles. The Morgan fingerprint density at radius 2 is 1.68 bits per heavy atom. The zero-order valence-corrected chi connectivity index (χ0v) is 24.5. The summed E-state index contributed by atoms with van der Waals surface area (Å²) in [6, 6.07) is 17.9. The van der Waals surface area contributed by atoms with E-state index in [-0.39, 0.29) is 53.9 Å².